The predicted octanol–water partition coefficient (Wildman–Crippen LogP) is 3.02. The second-order valence-corrected chi connectivity index (χ2v) is 5.17. The fraction of sp³-hybridized carbons (Fsp3) is 0.357. The van der Waals surface area contributed by atoms with Gasteiger partial charge >= 0.3 is 0 Å². The average molecular weight is 262 g/mol. The van der Waals surface area contributed by atoms with E-state index in [1.807, 2.05) is 30.5 Å². The minimum atomic E-state index is 0.757. The van der Waals surface area contributed by atoms with Crippen molar-refractivity contribution in [2.75, 3.05) is 6.54 Å². The van der Waals surface area contributed by atoms with Crippen LogP contribution in [0.15, 0.2) is 30.5 Å². The van der Waals surface area contributed by atoms with Crippen molar-refractivity contribution < 1.29 is 0 Å². The van der Waals surface area contributed by atoms with Crippen molar-refractivity contribution in [2.45, 2.75) is 25.3 Å². The number of halogens is 1. The summed E-state index contributed by atoms with van der Waals surface area (Å²) in [5.41, 5.74) is 2.17. The molecule has 1 aromatic carbocycles. The lowest BCUT2D eigenvalue weighted by atomic mass is 10.2. The van der Waals surface area contributed by atoms with Crippen LogP contribution in [-0.2, 0) is 6.42 Å². The first-order valence-electron chi connectivity index (χ1n) is 6.34. The normalized spacial score (nSPS) is 14.9. The van der Waals surface area contributed by atoms with E-state index in [-0.39, 0.29) is 0 Å². The van der Waals surface area contributed by atoms with E-state index in [9.17, 15) is 0 Å². The number of rotatable bonds is 5. The molecule has 0 amide bonds. The van der Waals surface area contributed by atoms with Gasteiger partial charge in [0.2, 0.25) is 0 Å². The van der Waals surface area contributed by atoms with E-state index < -0.39 is 0 Å². The van der Waals surface area contributed by atoms with Crippen molar-refractivity contribution in [3.63, 3.8) is 0 Å². The van der Waals surface area contributed by atoms with Crippen molar-refractivity contribution in [3.05, 3.63) is 41.3 Å². The second-order valence-electron chi connectivity index (χ2n) is 4.73. The van der Waals surface area contributed by atoms with Crippen LogP contribution in [0.4, 0.5) is 0 Å². The summed E-state index contributed by atoms with van der Waals surface area (Å²) in [6.07, 6.45) is 5.49. The molecule has 0 unspecified atom stereocenters. The summed E-state index contributed by atoms with van der Waals surface area (Å²) in [5.74, 6) is 1.04. The van der Waals surface area contributed by atoms with Gasteiger partial charge in [-0.2, -0.15) is 0 Å². The Morgan fingerprint density at radius 1 is 1.28 bits per heavy atom. The van der Waals surface area contributed by atoms with E-state index >= 15 is 0 Å². The van der Waals surface area contributed by atoms with Gasteiger partial charge in [-0.3, -0.25) is 0 Å². The Morgan fingerprint density at radius 3 is 2.78 bits per heavy atom. The summed E-state index contributed by atoms with van der Waals surface area (Å²) in [6.45, 7) is 0.998. The molecule has 1 fully saturated rings. The number of benzene rings is 1. The zero-order valence-electron chi connectivity index (χ0n) is 10.1. The van der Waals surface area contributed by atoms with Crippen LogP contribution in [0.1, 0.15) is 18.7 Å². The summed E-state index contributed by atoms with van der Waals surface area (Å²) in [6, 6.07) is 8.55. The van der Waals surface area contributed by atoms with Gasteiger partial charge in [0.25, 0.3) is 0 Å². The topological polar surface area (TPSA) is 40.7 Å². The minimum absolute atomic E-state index is 0.757. The Morgan fingerprint density at radius 2 is 2.06 bits per heavy atom. The number of nitrogens with zero attached hydrogens (tertiary/aromatic N) is 1. The molecule has 3 nitrogen and oxygen atoms in total. The monoisotopic (exact) mass is 261 g/mol. The van der Waals surface area contributed by atoms with E-state index in [4.69, 9.17) is 11.6 Å². The van der Waals surface area contributed by atoms with Crippen molar-refractivity contribution >= 4 is 11.6 Å². The number of aromatic nitrogens is 2. The Balaban J connectivity index is 1.62. The van der Waals surface area contributed by atoms with Crippen molar-refractivity contribution in [1.29, 1.82) is 0 Å². The third-order valence-electron chi connectivity index (χ3n) is 3.16. The summed E-state index contributed by atoms with van der Waals surface area (Å²) in [5, 5.41) is 4.24. The number of hydrogen-bond acceptors (Lipinski definition) is 2. The Bertz CT molecular complexity index is 514. The Kier molecular flexibility index (Phi) is 3.35. The molecule has 0 bridgehead atoms. The molecule has 1 heterocycles. The molecule has 94 valence electrons. The predicted molar refractivity (Wildman–Crippen MR) is 73.8 cm³/mol. The molecule has 4 heteroatoms. The maximum atomic E-state index is 5.87. The zero-order chi connectivity index (χ0) is 12.4. The second kappa shape index (κ2) is 5.12. The SMILES string of the molecule is Clc1ccc(-c2cnc(CCNC3CC3)[nH]2)cc1. The maximum Gasteiger partial charge on any atom is 0.107 e. The molecule has 1 aliphatic carbocycles. The van der Waals surface area contributed by atoms with Gasteiger partial charge in [-0.25, -0.2) is 4.98 Å². The van der Waals surface area contributed by atoms with Crippen LogP contribution in [-0.4, -0.2) is 22.6 Å². The molecule has 0 saturated heterocycles. The third-order valence-corrected chi connectivity index (χ3v) is 3.41. The standard InChI is InChI=1S/C14H16ClN3/c15-11-3-1-10(2-4-11)13-9-17-14(18-13)7-8-16-12-5-6-12/h1-4,9,12,16H,5-8H2,(H,17,18). The minimum Gasteiger partial charge on any atom is -0.342 e. The van der Waals surface area contributed by atoms with E-state index in [2.05, 4.69) is 15.3 Å². The van der Waals surface area contributed by atoms with Gasteiger partial charge in [-0.1, -0.05) is 23.7 Å². The molecule has 2 N–H and O–H groups in total. The van der Waals surface area contributed by atoms with Gasteiger partial charge in [-0.05, 0) is 30.5 Å². The van der Waals surface area contributed by atoms with Crippen LogP contribution < -0.4 is 5.32 Å². The zero-order valence-corrected chi connectivity index (χ0v) is 10.9. The lowest BCUT2D eigenvalue weighted by Crippen LogP contribution is -2.19. The van der Waals surface area contributed by atoms with Crippen molar-refractivity contribution in [2.24, 2.45) is 0 Å². The van der Waals surface area contributed by atoms with Gasteiger partial charge in [0.1, 0.15) is 5.82 Å². The first-order chi connectivity index (χ1) is 8.81. The molecule has 18 heavy (non-hydrogen) atoms. The van der Waals surface area contributed by atoms with E-state index in [0.29, 0.717) is 0 Å². The van der Waals surface area contributed by atoms with Crippen molar-refractivity contribution in [1.82, 2.24) is 15.3 Å². The highest BCUT2D eigenvalue weighted by molar-refractivity contribution is 6.30. The van der Waals surface area contributed by atoms with E-state index in [1.54, 1.807) is 0 Å². The molecule has 1 saturated carbocycles. The number of H-pyrrole nitrogens is 1. The molecule has 0 spiro atoms. The molecule has 1 aliphatic rings. The summed E-state index contributed by atoms with van der Waals surface area (Å²) in [7, 11) is 0. The van der Waals surface area contributed by atoms with Gasteiger partial charge in [0.15, 0.2) is 0 Å². The fourth-order valence-corrected chi connectivity index (χ4v) is 2.07. The number of imidazole rings is 1. The smallest absolute Gasteiger partial charge is 0.107 e. The largest absolute Gasteiger partial charge is 0.342 e. The molecular weight excluding hydrogens is 246 g/mol. The Labute approximate surface area is 112 Å². The molecule has 3 rings (SSSR count). The quantitative estimate of drug-likeness (QED) is 0.869. The van der Waals surface area contributed by atoms with Crippen LogP contribution in [0.25, 0.3) is 11.3 Å². The Hall–Kier alpha value is -1.32. The van der Waals surface area contributed by atoms with Crippen LogP contribution in [0.5, 0.6) is 0 Å². The fourth-order valence-electron chi connectivity index (χ4n) is 1.95. The number of nitrogens with one attached hydrogen (secondary N) is 2. The lowest BCUT2D eigenvalue weighted by Gasteiger charge is -2.00. The van der Waals surface area contributed by atoms with Crippen molar-refractivity contribution in [3.8, 4) is 11.3 Å². The molecule has 0 radical (unpaired) electrons. The van der Waals surface area contributed by atoms with Gasteiger partial charge in [0.05, 0.1) is 11.9 Å². The molecule has 0 aliphatic heterocycles. The highest BCUT2D eigenvalue weighted by atomic mass is 35.5. The number of hydrogen-bond donors (Lipinski definition) is 2. The van der Waals surface area contributed by atoms with Crippen LogP contribution in [0.3, 0.4) is 0 Å². The van der Waals surface area contributed by atoms with Crippen LogP contribution >= 0.6 is 11.6 Å². The summed E-state index contributed by atoms with van der Waals surface area (Å²) < 4.78 is 0. The van der Waals surface area contributed by atoms with Gasteiger partial charge in [-0.15, -0.1) is 0 Å². The van der Waals surface area contributed by atoms with E-state index in [0.717, 1.165) is 41.1 Å². The van der Waals surface area contributed by atoms with Crippen LogP contribution in [0, 0.1) is 0 Å². The van der Waals surface area contributed by atoms with Gasteiger partial charge < -0.3 is 10.3 Å². The van der Waals surface area contributed by atoms with Gasteiger partial charge in [0, 0.05) is 24.0 Å². The highest BCUT2D eigenvalue weighted by Crippen LogP contribution is 2.20. The van der Waals surface area contributed by atoms with Crippen LogP contribution in [0.2, 0.25) is 5.02 Å². The molecule has 1 aromatic heterocycles. The summed E-state index contributed by atoms with van der Waals surface area (Å²) in [4.78, 5) is 7.75. The third kappa shape index (κ3) is 2.92. The first kappa shape index (κ1) is 11.8. The van der Waals surface area contributed by atoms with E-state index in [1.165, 1.54) is 12.8 Å². The maximum absolute atomic E-state index is 5.87. The average Bonchev–Trinajstić information content (AvgIpc) is 3.08. The molecule has 2 aromatic rings. The molecular formula is C14H16ClN3. The lowest BCUT2D eigenvalue weighted by molar-refractivity contribution is 0.669. The first-order valence-corrected chi connectivity index (χ1v) is 6.72. The number of aromatic amines is 1. The summed E-state index contributed by atoms with van der Waals surface area (Å²) >= 11 is 5.87. The molecule has 0 atom stereocenters. The highest BCUT2D eigenvalue weighted by Gasteiger charge is 2.19.